The fourth-order valence-electron chi connectivity index (χ4n) is 3.85. The number of alkyl carbamates (subject to hydrolysis) is 1. The van der Waals surface area contributed by atoms with Crippen LogP contribution in [0.25, 0.3) is 0 Å². The van der Waals surface area contributed by atoms with Crippen molar-refractivity contribution < 1.29 is 29.3 Å². The number of halogens is 1. The summed E-state index contributed by atoms with van der Waals surface area (Å²) in [6.07, 6.45) is 1.38. The zero-order valence-corrected chi connectivity index (χ0v) is 23.3. The Morgan fingerprint density at radius 3 is 2.29 bits per heavy atom. The second kappa shape index (κ2) is 14.0. The fraction of sp³-hybridized carbons (Fsp3) is 0.464. The summed E-state index contributed by atoms with van der Waals surface area (Å²) >= 11 is 6.35. The van der Waals surface area contributed by atoms with Gasteiger partial charge in [0.2, 0.25) is 5.91 Å². The van der Waals surface area contributed by atoms with Crippen LogP contribution in [-0.4, -0.2) is 57.8 Å². The molecule has 0 aliphatic carbocycles. The van der Waals surface area contributed by atoms with Crippen molar-refractivity contribution in [3.05, 3.63) is 58.6 Å². The number of aliphatic hydroxyl groups excluding tert-OH is 1. The second-order valence-electron chi connectivity index (χ2n) is 10.0. The Labute approximate surface area is 229 Å². The molecule has 0 bridgehead atoms. The van der Waals surface area contributed by atoms with Crippen molar-refractivity contribution in [3.8, 4) is 5.75 Å². The van der Waals surface area contributed by atoms with Crippen LogP contribution in [0.5, 0.6) is 5.75 Å². The molecular formula is C28H38ClN3O6. The van der Waals surface area contributed by atoms with Crippen molar-refractivity contribution in [3.63, 3.8) is 0 Å². The van der Waals surface area contributed by atoms with Gasteiger partial charge in [-0.1, -0.05) is 55.6 Å². The minimum atomic E-state index is -1.35. The molecule has 0 aromatic heterocycles. The molecule has 2 unspecified atom stereocenters. The number of anilines is 1. The van der Waals surface area contributed by atoms with Crippen LogP contribution in [0.4, 0.5) is 10.5 Å². The first-order chi connectivity index (χ1) is 17.9. The normalized spacial score (nSPS) is 12.8. The molecule has 0 spiro atoms. The van der Waals surface area contributed by atoms with Crippen LogP contribution in [-0.2, 0) is 14.3 Å². The Hall–Kier alpha value is -3.30. The largest absolute Gasteiger partial charge is 0.508 e. The molecule has 0 fully saturated rings. The van der Waals surface area contributed by atoms with E-state index >= 15 is 0 Å². The molecular weight excluding hydrogens is 510 g/mol. The number of rotatable bonds is 11. The van der Waals surface area contributed by atoms with E-state index in [2.05, 4.69) is 10.6 Å². The predicted octanol–water partition coefficient (Wildman–Crippen LogP) is 4.94. The van der Waals surface area contributed by atoms with E-state index in [4.69, 9.17) is 16.3 Å². The number of carbonyl (C=O) groups is 3. The highest BCUT2D eigenvalue weighted by atomic mass is 35.5. The van der Waals surface area contributed by atoms with Crippen LogP contribution in [0.3, 0.4) is 0 Å². The lowest BCUT2D eigenvalue weighted by Gasteiger charge is -2.34. The molecule has 38 heavy (non-hydrogen) atoms. The Morgan fingerprint density at radius 2 is 1.74 bits per heavy atom. The predicted molar refractivity (Wildman–Crippen MR) is 147 cm³/mol. The SMILES string of the molecule is CCCCCN(C(=O)C(CO)NC(=O)OC(C)(C)C)C(C(=O)Nc1c(C)cccc1Cl)c1ccc(O)cc1. The first-order valence-corrected chi connectivity index (χ1v) is 13.0. The number of amides is 3. The maximum Gasteiger partial charge on any atom is 0.408 e. The first-order valence-electron chi connectivity index (χ1n) is 12.6. The molecule has 0 aliphatic rings. The summed E-state index contributed by atoms with van der Waals surface area (Å²) in [7, 11) is 0. The summed E-state index contributed by atoms with van der Waals surface area (Å²) in [6, 6.07) is 8.67. The van der Waals surface area contributed by atoms with E-state index in [0.717, 1.165) is 18.4 Å². The first kappa shape index (κ1) is 30.9. The number of para-hydroxylation sites is 1. The van der Waals surface area contributed by atoms with E-state index in [0.29, 0.717) is 22.7 Å². The number of aryl methyl sites for hydroxylation is 1. The van der Waals surface area contributed by atoms with Gasteiger partial charge in [-0.3, -0.25) is 9.59 Å². The summed E-state index contributed by atoms with van der Waals surface area (Å²) in [5, 5.41) is 25.5. The Balaban J connectivity index is 2.50. The lowest BCUT2D eigenvalue weighted by molar-refractivity contribution is -0.141. The van der Waals surface area contributed by atoms with Crippen LogP contribution in [0.1, 0.15) is 64.1 Å². The number of hydrogen-bond acceptors (Lipinski definition) is 6. The van der Waals surface area contributed by atoms with E-state index in [9.17, 15) is 24.6 Å². The lowest BCUT2D eigenvalue weighted by atomic mass is 10.0. The molecule has 0 radical (unpaired) electrons. The van der Waals surface area contributed by atoms with Crippen molar-refractivity contribution >= 4 is 35.2 Å². The minimum Gasteiger partial charge on any atom is -0.508 e. The van der Waals surface area contributed by atoms with Gasteiger partial charge in [0.25, 0.3) is 5.91 Å². The third-order valence-corrected chi connectivity index (χ3v) is 6.01. The summed E-state index contributed by atoms with van der Waals surface area (Å²) < 4.78 is 5.26. The third kappa shape index (κ3) is 8.92. The van der Waals surface area contributed by atoms with E-state index in [-0.39, 0.29) is 12.3 Å². The van der Waals surface area contributed by atoms with Crippen LogP contribution in [0, 0.1) is 6.92 Å². The highest BCUT2D eigenvalue weighted by Crippen LogP contribution is 2.30. The van der Waals surface area contributed by atoms with E-state index < -0.39 is 42.2 Å². The molecule has 0 saturated heterocycles. The van der Waals surface area contributed by atoms with E-state index in [1.54, 1.807) is 58.0 Å². The quantitative estimate of drug-likeness (QED) is 0.295. The second-order valence-corrected chi connectivity index (χ2v) is 10.4. The molecule has 2 rings (SSSR count). The lowest BCUT2D eigenvalue weighted by Crippen LogP contribution is -2.54. The number of phenols is 1. The number of nitrogens with zero attached hydrogens (tertiary/aromatic N) is 1. The van der Waals surface area contributed by atoms with Gasteiger partial charge in [-0.15, -0.1) is 0 Å². The van der Waals surface area contributed by atoms with Crippen molar-refractivity contribution in [2.45, 2.75) is 71.6 Å². The fourth-order valence-corrected chi connectivity index (χ4v) is 4.11. The van der Waals surface area contributed by atoms with Gasteiger partial charge in [-0.2, -0.15) is 0 Å². The van der Waals surface area contributed by atoms with Crippen molar-refractivity contribution in [1.82, 2.24) is 10.2 Å². The molecule has 10 heteroatoms. The number of ether oxygens (including phenoxy) is 1. The summed E-state index contributed by atoms with van der Waals surface area (Å²) in [4.78, 5) is 41.3. The number of aromatic hydroxyl groups is 1. The molecule has 0 saturated carbocycles. The zero-order valence-electron chi connectivity index (χ0n) is 22.6. The Morgan fingerprint density at radius 1 is 1.08 bits per heavy atom. The number of nitrogens with one attached hydrogen (secondary N) is 2. The monoisotopic (exact) mass is 547 g/mol. The van der Waals surface area contributed by atoms with Gasteiger partial charge < -0.3 is 30.5 Å². The number of aliphatic hydroxyl groups is 1. The number of benzene rings is 2. The van der Waals surface area contributed by atoms with Crippen LogP contribution in [0.2, 0.25) is 5.02 Å². The van der Waals surface area contributed by atoms with E-state index in [1.165, 1.54) is 17.0 Å². The smallest absolute Gasteiger partial charge is 0.408 e. The third-order valence-electron chi connectivity index (χ3n) is 5.70. The standard InChI is InChI=1S/C28H38ClN3O6/c1-6-7-8-16-32(26(36)22(17-33)30-27(37)38-28(3,4)5)24(19-12-14-20(34)15-13-19)25(35)31-23-18(2)10-9-11-21(23)29/h9-15,22,24,33-34H,6-8,16-17H2,1-5H3,(H,30,37)(H,31,35). The Kier molecular flexibility index (Phi) is 11.4. The van der Waals surface area contributed by atoms with Crippen molar-refractivity contribution in [2.24, 2.45) is 0 Å². The summed E-state index contributed by atoms with van der Waals surface area (Å²) in [5.74, 6) is -1.19. The maximum atomic E-state index is 13.8. The van der Waals surface area contributed by atoms with Gasteiger partial charge in [0, 0.05) is 6.54 Å². The molecule has 3 amide bonds. The number of phenolic OH excluding ortho intramolecular Hbond substituents is 1. The average Bonchev–Trinajstić information content (AvgIpc) is 2.84. The van der Waals surface area contributed by atoms with Gasteiger partial charge in [0.15, 0.2) is 0 Å². The molecule has 4 N–H and O–H groups in total. The van der Waals surface area contributed by atoms with Gasteiger partial charge >= 0.3 is 6.09 Å². The average molecular weight is 548 g/mol. The number of hydrogen-bond donors (Lipinski definition) is 4. The number of unbranched alkanes of at least 4 members (excludes halogenated alkanes) is 2. The van der Waals surface area contributed by atoms with E-state index in [1.807, 2.05) is 6.92 Å². The highest BCUT2D eigenvalue weighted by Gasteiger charge is 2.36. The van der Waals surface area contributed by atoms with Crippen molar-refractivity contribution in [2.75, 3.05) is 18.5 Å². The van der Waals surface area contributed by atoms with Crippen LogP contribution in [0.15, 0.2) is 42.5 Å². The molecule has 2 atom stereocenters. The van der Waals surface area contributed by atoms with Gasteiger partial charge in [0.1, 0.15) is 23.4 Å². The van der Waals surface area contributed by atoms with Crippen molar-refractivity contribution in [1.29, 1.82) is 0 Å². The maximum absolute atomic E-state index is 13.8. The topological polar surface area (TPSA) is 128 Å². The molecule has 208 valence electrons. The minimum absolute atomic E-state index is 0.00135. The summed E-state index contributed by atoms with van der Waals surface area (Å²) in [5.41, 5.74) is 0.771. The van der Waals surface area contributed by atoms with Crippen LogP contribution >= 0.6 is 11.6 Å². The zero-order chi connectivity index (χ0) is 28.5. The highest BCUT2D eigenvalue weighted by molar-refractivity contribution is 6.34. The van der Waals surface area contributed by atoms with Crippen LogP contribution < -0.4 is 10.6 Å². The van der Waals surface area contributed by atoms with Gasteiger partial charge in [-0.05, 0) is 63.4 Å². The van der Waals surface area contributed by atoms with Gasteiger partial charge in [0.05, 0.1) is 17.3 Å². The van der Waals surface area contributed by atoms with Gasteiger partial charge in [-0.25, -0.2) is 4.79 Å². The molecule has 0 aliphatic heterocycles. The molecule has 9 nitrogen and oxygen atoms in total. The molecule has 2 aromatic carbocycles. The molecule has 2 aromatic rings. The number of carbonyl (C=O) groups excluding carboxylic acids is 3. The summed E-state index contributed by atoms with van der Waals surface area (Å²) in [6.45, 7) is 8.34. The Bertz CT molecular complexity index is 1080. The molecule has 0 heterocycles.